The van der Waals surface area contributed by atoms with Crippen LogP contribution in [0.25, 0.3) is 10.9 Å². The van der Waals surface area contributed by atoms with Gasteiger partial charge < -0.3 is 14.5 Å². The van der Waals surface area contributed by atoms with Gasteiger partial charge in [0.25, 0.3) is 10.0 Å². The Bertz CT molecular complexity index is 1440. The molecular formula is C25H22N2O6S. The van der Waals surface area contributed by atoms with Crippen molar-refractivity contribution in [3.05, 3.63) is 90.1 Å². The zero-order chi connectivity index (χ0) is 24.1. The van der Waals surface area contributed by atoms with E-state index in [9.17, 15) is 18.0 Å². The number of aromatic nitrogens is 1. The lowest BCUT2D eigenvalue weighted by atomic mass is 10.1. The molecule has 0 amide bonds. The zero-order valence-electron chi connectivity index (χ0n) is 18.3. The predicted molar refractivity (Wildman–Crippen MR) is 128 cm³/mol. The first-order chi connectivity index (χ1) is 16.4. The van der Waals surface area contributed by atoms with E-state index in [0.717, 1.165) is 10.9 Å². The van der Waals surface area contributed by atoms with E-state index in [2.05, 4.69) is 9.71 Å². The van der Waals surface area contributed by atoms with E-state index in [1.54, 1.807) is 36.5 Å². The van der Waals surface area contributed by atoms with Crippen LogP contribution < -0.4 is 9.46 Å². The number of sulfonamides is 1. The monoisotopic (exact) mass is 478 g/mol. The highest BCUT2D eigenvalue weighted by atomic mass is 32.2. The molecule has 4 aromatic rings. The molecule has 2 N–H and O–H groups in total. The zero-order valence-corrected chi connectivity index (χ0v) is 19.1. The number of para-hydroxylation sites is 2. The number of ketones is 1. The molecule has 8 nitrogen and oxygen atoms in total. The predicted octanol–water partition coefficient (Wildman–Crippen LogP) is 4.41. The van der Waals surface area contributed by atoms with Crippen LogP contribution in [0.4, 0.5) is 5.69 Å². The maximum atomic E-state index is 12.8. The van der Waals surface area contributed by atoms with Gasteiger partial charge in [-0.1, -0.05) is 30.3 Å². The summed E-state index contributed by atoms with van der Waals surface area (Å²) in [7, 11) is -3.98. The Morgan fingerprint density at radius 1 is 0.912 bits per heavy atom. The van der Waals surface area contributed by atoms with Crippen molar-refractivity contribution in [3.63, 3.8) is 0 Å². The van der Waals surface area contributed by atoms with E-state index in [4.69, 9.17) is 9.47 Å². The molecule has 1 heterocycles. The minimum atomic E-state index is -3.98. The molecule has 9 heteroatoms. The van der Waals surface area contributed by atoms with Crippen LogP contribution in [-0.4, -0.2) is 38.4 Å². The first-order valence-corrected chi connectivity index (χ1v) is 12.0. The van der Waals surface area contributed by atoms with Crippen LogP contribution in [0.3, 0.4) is 0 Å². The van der Waals surface area contributed by atoms with E-state index < -0.39 is 22.6 Å². The SMILES string of the molecule is CCOc1ccc(S(=O)(=O)Nc2ccccc2C(=O)OCC(=O)c2c[nH]c3ccccc23)cc1. The molecule has 4 rings (SSSR count). The Balaban J connectivity index is 1.48. The summed E-state index contributed by atoms with van der Waals surface area (Å²) in [4.78, 5) is 28.3. The third-order valence-corrected chi connectivity index (χ3v) is 6.44. The van der Waals surface area contributed by atoms with Crippen molar-refractivity contribution in [1.29, 1.82) is 0 Å². The van der Waals surface area contributed by atoms with Gasteiger partial charge in [0, 0.05) is 22.7 Å². The van der Waals surface area contributed by atoms with E-state index >= 15 is 0 Å². The third kappa shape index (κ3) is 4.94. The fourth-order valence-corrected chi connectivity index (χ4v) is 4.50. The molecule has 0 saturated carbocycles. The average Bonchev–Trinajstić information content (AvgIpc) is 3.27. The summed E-state index contributed by atoms with van der Waals surface area (Å²) in [6, 6.07) is 19.3. The number of aromatic amines is 1. The van der Waals surface area contributed by atoms with Gasteiger partial charge in [-0.2, -0.15) is 0 Å². The number of hydrogen-bond acceptors (Lipinski definition) is 6. The topological polar surface area (TPSA) is 115 Å². The van der Waals surface area contributed by atoms with Crippen molar-refractivity contribution in [2.24, 2.45) is 0 Å². The molecule has 0 atom stereocenters. The number of carbonyl (C=O) groups is 2. The molecule has 0 unspecified atom stereocenters. The van der Waals surface area contributed by atoms with Crippen molar-refractivity contribution in [3.8, 4) is 5.75 Å². The fraction of sp³-hybridized carbons (Fsp3) is 0.120. The van der Waals surface area contributed by atoms with Crippen LogP contribution in [0.15, 0.2) is 83.9 Å². The Labute approximate surface area is 196 Å². The number of rotatable bonds is 9. The number of carbonyl (C=O) groups excluding carboxylic acids is 2. The number of ether oxygens (including phenoxy) is 2. The van der Waals surface area contributed by atoms with Gasteiger partial charge in [-0.25, -0.2) is 13.2 Å². The highest BCUT2D eigenvalue weighted by Crippen LogP contribution is 2.23. The van der Waals surface area contributed by atoms with Crippen LogP contribution in [0.5, 0.6) is 5.75 Å². The van der Waals surface area contributed by atoms with Crippen molar-refractivity contribution in [2.75, 3.05) is 17.9 Å². The first kappa shape index (κ1) is 23.1. The number of hydrogen-bond donors (Lipinski definition) is 2. The second kappa shape index (κ2) is 9.80. The molecule has 174 valence electrons. The van der Waals surface area contributed by atoms with E-state index in [1.807, 2.05) is 25.1 Å². The lowest BCUT2D eigenvalue weighted by Gasteiger charge is -2.12. The fourth-order valence-electron chi connectivity index (χ4n) is 3.42. The molecule has 0 fully saturated rings. The minimum absolute atomic E-state index is 0.00800. The smallest absolute Gasteiger partial charge is 0.340 e. The van der Waals surface area contributed by atoms with Gasteiger partial charge in [0.2, 0.25) is 5.78 Å². The number of benzene rings is 3. The minimum Gasteiger partial charge on any atom is -0.494 e. The Morgan fingerprint density at radius 3 is 2.38 bits per heavy atom. The number of esters is 1. The summed E-state index contributed by atoms with van der Waals surface area (Å²) < 4.78 is 38.6. The van der Waals surface area contributed by atoms with Gasteiger partial charge in [0.1, 0.15) is 5.75 Å². The highest BCUT2D eigenvalue weighted by Gasteiger charge is 2.21. The van der Waals surface area contributed by atoms with E-state index in [-0.39, 0.29) is 21.9 Å². The summed E-state index contributed by atoms with van der Waals surface area (Å²) in [5.74, 6) is -0.651. The van der Waals surface area contributed by atoms with Gasteiger partial charge in [0.15, 0.2) is 6.61 Å². The summed E-state index contributed by atoms with van der Waals surface area (Å²) >= 11 is 0. The molecule has 0 aliphatic carbocycles. The van der Waals surface area contributed by atoms with Crippen molar-refractivity contribution in [2.45, 2.75) is 11.8 Å². The van der Waals surface area contributed by atoms with Crippen molar-refractivity contribution >= 4 is 38.4 Å². The number of nitrogens with one attached hydrogen (secondary N) is 2. The van der Waals surface area contributed by atoms with Gasteiger partial charge in [-0.15, -0.1) is 0 Å². The van der Waals surface area contributed by atoms with Gasteiger partial charge >= 0.3 is 5.97 Å². The Morgan fingerprint density at radius 2 is 1.62 bits per heavy atom. The molecule has 1 aromatic heterocycles. The Kier molecular flexibility index (Phi) is 6.65. The highest BCUT2D eigenvalue weighted by molar-refractivity contribution is 7.92. The van der Waals surface area contributed by atoms with Crippen LogP contribution >= 0.6 is 0 Å². The molecule has 0 saturated heterocycles. The van der Waals surface area contributed by atoms with E-state index in [0.29, 0.717) is 17.9 Å². The lowest BCUT2D eigenvalue weighted by molar-refractivity contribution is 0.0476. The summed E-state index contributed by atoms with van der Waals surface area (Å²) in [5, 5.41) is 0.729. The average molecular weight is 479 g/mol. The normalized spacial score (nSPS) is 11.2. The molecular weight excluding hydrogens is 456 g/mol. The van der Waals surface area contributed by atoms with Gasteiger partial charge in [-0.05, 0) is 49.4 Å². The van der Waals surface area contributed by atoms with Crippen LogP contribution in [0.2, 0.25) is 0 Å². The van der Waals surface area contributed by atoms with E-state index in [1.165, 1.54) is 24.3 Å². The summed E-state index contributed by atoms with van der Waals surface area (Å²) in [6.45, 7) is 1.81. The Hall–Kier alpha value is -4.11. The maximum absolute atomic E-state index is 12.8. The number of anilines is 1. The standard InChI is InChI=1S/C25H22N2O6S/c1-2-32-17-11-13-18(14-12-17)34(30,31)27-23-10-6-4-8-20(23)25(29)33-16-24(28)21-15-26-22-9-5-3-7-19(21)22/h3-15,26-27H,2,16H2,1H3. The number of fused-ring (bicyclic) bond motifs is 1. The largest absolute Gasteiger partial charge is 0.494 e. The summed E-state index contributed by atoms with van der Waals surface area (Å²) in [6.07, 6.45) is 1.57. The molecule has 3 aromatic carbocycles. The molecule has 0 spiro atoms. The maximum Gasteiger partial charge on any atom is 0.340 e. The molecule has 0 aliphatic heterocycles. The number of H-pyrrole nitrogens is 1. The van der Waals surface area contributed by atoms with Gasteiger partial charge in [0.05, 0.1) is 22.8 Å². The lowest BCUT2D eigenvalue weighted by Crippen LogP contribution is -2.18. The first-order valence-electron chi connectivity index (χ1n) is 10.5. The molecule has 0 radical (unpaired) electrons. The van der Waals surface area contributed by atoms with Crippen LogP contribution in [0, 0.1) is 0 Å². The molecule has 0 aliphatic rings. The summed E-state index contributed by atoms with van der Waals surface area (Å²) in [5.41, 5.74) is 1.24. The second-order valence-corrected chi connectivity index (χ2v) is 8.99. The second-order valence-electron chi connectivity index (χ2n) is 7.30. The van der Waals surface area contributed by atoms with Crippen molar-refractivity contribution < 1.29 is 27.5 Å². The molecule has 0 bridgehead atoms. The molecule has 34 heavy (non-hydrogen) atoms. The number of Topliss-reactive ketones (excluding diaryl/α,β-unsaturated/α-hetero) is 1. The third-order valence-electron chi connectivity index (χ3n) is 5.06. The van der Waals surface area contributed by atoms with Gasteiger partial charge in [-0.3, -0.25) is 9.52 Å². The quantitative estimate of drug-likeness (QED) is 0.272. The van der Waals surface area contributed by atoms with Crippen LogP contribution in [-0.2, 0) is 14.8 Å². The van der Waals surface area contributed by atoms with Crippen LogP contribution in [0.1, 0.15) is 27.6 Å². The van der Waals surface area contributed by atoms with Crippen molar-refractivity contribution in [1.82, 2.24) is 4.98 Å².